The van der Waals surface area contributed by atoms with Gasteiger partial charge in [0.2, 0.25) is 10.0 Å². The van der Waals surface area contributed by atoms with E-state index in [1.165, 1.54) is 0 Å². The van der Waals surface area contributed by atoms with Gasteiger partial charge in [-0.2, -0.15) is 4.31 Å². The van der Waals surface area contributed by atoms with Crippen molar-refractivity contribution < 1.29 is 13.5 Å². The van der Waals surface area contributed by atoms with Crippen molar-refractivity contribution in [2.24, 2.45) is 5.92 Å². The second kappa shape index (κ2) is 5.13. The summed E-state index contributed by atoms with van der Waals surface area (Å²) in [6, 6.07) is 7.00. The first-order valence-corrected chi connectivity index (χ1v) is 8.69. The molecule has 1 aliphatic heterocycles. The highest BCUT2D eigenvalue weighted by Gasteiger charge is 2.44. The van der Waals surface area contributed by atoms with E-state index in [1.54, 1.807) is 16.4 Å². The summed E-state index contributed by atoms with van der Waals surface area (Å²) in [6.45, 7) is 2.52. The van der Waals surface area contributed by atoms with Gasteiger partial charge in [0, 0.05) is 12.6 Å². The molecule has 3 atom stereocenters. The first-order valence-electron chi connectivity index (χ1n) is 7.25. The molecule has 4 nitrogen and oxygen atoms in total. The highest BCUT2D eigenvalue weighted by atomic mass is 32.2. The third-order valence-electron chi connectivity index (χ3n) is 4.58. The Kier molecular flexibility index (Phi) is 3.60. The molecule has 0 spiro atoms. The predicted molar refractivity (Wildman–Crippen MR) is 76.8 cm³/mol. The zero-order chi connectivity index (χ0) is 14.3. The molecule has 0 amide bonds. The fourth-order valence-corrected chi connectivity index (χ4v) is 5.29. The van der Waals surface area contributed by atoms with E-state index in [1.807, 2.05) is 19.1 Å². The number of piperidine rings is 1. The highest BCUT2D eigenvalue weighted by molar-refractivity contribution is 7.89. The summed E-state index contributed by atoms with van der Waals surface area (Å²) in [5.41, 5.74) is 1.05. The molecule has 1 aromatic carbocycles. The first kappa shape index (κ1) is 14.0. The van der Waals surface area contributed by atoms with Crippen molar-refractivity contribution in [2.75, 3.05) is 6.54 Å². The van der Waals surface area contributed by atoms with Crippen LogP contribution in [0, 0.1) is 12.8 Å². The minimum atomic E-state index is -3.43. The molecule has 1 heterocycles. The number of aliphatic hydroxyl groups is 1. The lowest BCUT2D eigenvalue weighted by Crippen LogP contribution is -2.46. The Bertz CT molecular complexity index is 582. The quantitative estimate of drug-likeness (QED) is 0.907. The zero-order valence-electron chi connectivity index (χ0n) is 11.7. The molecule has 5 heteroatoms. The number of nitrogens with zero attached hydrogens (tertiary/aromatic N) is 1. The maximum Gasteiger partial charge on any atom is 0.243 e. The van der Waals surface area contributed by atoms with Gasteiger partial charge in [-0.25, -0.2) is 8.42 Å². The van der Waals surface area contributed by atoms with E-state index in [9.17, 15) is 13.5 Å². The number of sulfonamides is 1. The van der Waals surface area contributed by atoms with E-state index >= 15 is 0 Å². The molecule has 2 fully saturated rings. The predicted octanol–water partition coefficient (Wildman–Crippen LogP) is 1.92. The number of aliphatic hydroxyl groups excluding tert-OH is 1. The van der Waals surface area contributed by atoms with Crippen molar-refractivity contribution in [3.63, 3.8) is 0 Å². The fourth-order valence-electron chi connectivity index (χ4n) is 3.56. The number of hydrogen-bond donors (Lipinski definition) is 1. The highest BCUT2D eigenvalue weighted by Crippen LogP contribution is 2.39. The molecule has 110 valence electrons. The van der Waals surface area contributed by atoms with Crippen LogP contribution in [0.3, 0.4) is 0 Å². The van der Waals surface area contributed by atoms with Crippen LogP contribution >= 0.6 is 0 Å². The minimum absolute atomic E-state index is 0.0231. The van der Waals surface area contributed by atoms with Crippen molar-refractivity contribution in [1.82, 2.24) is 4.31 Å². The molecule has 1 saturated heterocycles. The topological polar surface area (TPSA) is 57.6 Å². The number of aryl methyl sites for hydroxylation is 1. The molecule has 1 aliphatic carbocycles. The Morgan fingerprint density at radius 1 is 1.20 bits per heavy atom. The van der Waals surface area contributed by atoms with Crippen molar-refractivity contribution in [2.45, 2.75) is 49.6 Å². The smallest absolute Gasteiger partial charge is 0.243 e. The van der Waals surface area contributed by atoms with Crippen LogP contribution in [-0.2, 0) is 10.0 Å². The van der Waals surface area contributed by atoms with Gasteiger partial charge in [-0.15, -0.1) is 0 Å². The molecule has 2 aliphatic rings. The van der Waals surface area contributed by atoms with Crippen LogP contribution in [0.5, 0.6) is 0 Å². The molecule has 1 N–H and O–H groups in total. The van der Waals surface area contributed by atoms with Crippen LogP contribution in [0.25, 0.3) is 0 Å². The molecule has 3 rings (SSSR count). The summed E-state index contributed by atoms with van der Waals surface area (Å²) in [6.07, 6.45) is 2.89. The Morgan fingerprint density at radius 2 is 1.90 bits per heavy atom. The number of benzene rings is 1. The molecule has 1 saturated carbocycles. The van der Waals surface area contributed by atoms with Gasteiger partial charge < -0.3 is 5.11 Å². The summed E-state index contributed by atoms with van der Waals surface area (Å²) in [5.74, 6) is 0.318. The fraction of sp³-hybridized carbons (Fsp3) is 0.600. The van der Waals surface area contributed by atoms with Gasteiger partial charge in [0.05, 0.1) is 11.0 Å². The maximum absolute atomic E-state index is 12.8. The van der Waals surface area contributed by atoms with Crippen LogP contribution in [0.4, 0.5) is 0 Å². The lowest BCUT2D eigenvalue weighted by Gasteiger charge is -2.36. The molecule has 1 aromatic rings. The molecule has 0 radical (unpaired) electrons. The third kappa shape index (κ3) is 2.38. The van der Waals surface area contributed by atoms with Crippen LogP contribution < -0.4 is 0 Å². The molecular weight excluding hydrogens is 274 g/mol. The van der Waals surface area contributed by atoms with Crippen molar-refractivity contribution >= 4 is 10.0 Å². The lowest BCUT2D eigenvalue weighted by atomic mass is 9.94. The number of fused-ring (bicyclic) bond motifs is 1. The summed E-state index contributed by atoms with van der Waals surface area (Å²) in [5, 5.41) is 9.83. The number of rotatable bonds is 2. The van der Waals surface area contributed by atoms with Gasteiger partial charge in [-0.05, 0) is 50.7 Å². The van der Waals surface area contributed by atoms with Crippen molar-refractivity contribution in [3.8, 4) is 0 Å². The Balaban J connectivity index is 1.92. The summed E-state index contributed by atoms with van der Waals surface area (Å²) in [4.78, 5) is 0.366. The summed E-state index contributed by atoms with van der Waals surface area (Å²) >= 11 is 0. The normalized spacial score (nSPS) is 31.2. The third-order valence-corrected chi connectivity index (χ3v) is 6.52. The summed E-state index contributed by atoms with van der Waals surface area (Å²) in [7, 11) is -3.43. The van der Waals surface area contributed by atoms with Crippen LogP contribution in [-0.4, -0.2) is 36.5 Å². The van der Waals surface area contributed by atoms with Gasteiger partial charge >= 0.3 is 0 Å². The van der Waals surface area contributed by atoms with Crippen molar-refractivity contribution in [3.05, 3.63) is 29.8 Å². The standard InChI is InChI=1S/C15H21NO3S/c1-11-4-6-14(7-5-11)20(18,19)16-8-2-3-12-9-13(17)10-15(12)16/h4-7,12-13,15,17H,2-3,8-10H2,1H3/t12-,13?,15+/m0/s1. The van der Waals surface area contributed by atoms with Crippen molar-refractivity contribution in [1.29, 1.82) is 0 Å². The SMILES string of the molecule is Cc1ccc(S(=O)(=O)N2CCC[C@H]3CC(O)C[C@H]32)cc1. The van der Waals surface area contributed by atoms with E-state index in [4.69, 9.17) is 0 Å². The number of hydrogen-bond acceptors (Lipinski definition) is 3. The van der Waals surface area contributed by atoms with E-state index < -0.39 is 10.0 Å². The Morgan fingerprint density at radius 3 is 2.60 bits per heavy atom. The van der Waals surface area contributed by atoms with Gasteiger partial charge in [-0.1, -0.05) is 17.7 Å². The minimum Gasteiger partial charge on any atom is -0.393 e. The van der Waals surface area contributed by atoms with E-state index in [0.717, 1.165) is 24.8 Å². The average Bonchev–Trinajstić information content (AvgIpc) is 2.78. The molecule has 0 bridgehead atoms. The van der Waals surface area contributed by atoms with Gasteiger partial charge in [0.15, 0.2) is 0 Å². The second-order valence-electron chi connectivity index (χ2n) is 6.02. The Labute approximate surface area is 120 Å². The van der Waals surface area contributed by atoms with Gasteiger partial charge in [0.1, 0.15) is 0 Å². The molecule has 1 unspecified atom stereocenters. The summed E-state index contributed by atoms with van der Waals surface area (Å²) < 4.78 is 27.2. The maximum atomic E-state index is 12.8. The van der Waals surface area contributed by atoms with Crippen LogP contribution in [0.1, 0.15) is 31.2 Å². The van der Waals surface area contributed by atoms with Crippen LogP contribution in [0.2, 0.25) is 0 Å². The first-order chi connectivity index (χ1) is 9.48. The second-order valence-corrected chi connectivity index (χ2v) is 7.91. The molecule has 0 aromatic heterocycles. The largest absolute Gasteiger partial charge is 0.393 e. The lowest BCUT2D eigenvalue weighted by molar-refractivity contribution is 0.173. The monoisotopic (exact) mass is 295 g/mol. The van der Waals surface area contributed by atoms with E-state index in [0.29, 0.717) is 23.8 Å². The van der Waals surface area contributed by atoms with Crippen LogP contribution in [0.15, 0.2) is 29.2 Å². The zero-order valence-corrected chi connectivity index (χ0v) is 12.5. The Hall–Kier alpha value is -0.910. The average molecular weight is 295 g/mol. The van der Waals surface area contributed by atoms with Gasteiger partial charge in [-0.3, -0.25) is 0 Å². The van der Waals surface area contributed by atoms with E-state index in [2.05, 4.69) is 0 Å². The molecular formula is C15H21NO3S. The molecule has 20 heavy (non-hydrogen) atoms. The van der Waals surface area contributed by atoms with E-state index in [-0.39, 0.29) is 12.1 Å². The van der Waals surface area contributed by atoms with Gasteiger partial charge in [0.25, 0.3) is 0 Å².